The van der Waals surface area contributed by atoms with Gasteiger partial charge in [0.1, 0.15) is 5.52 Å². The molecule has 28 heavy (non-hydrogen) atoms. The lowest BCUT2D eigenvalue weighted by molar-refractivity contribution is -0.137. The Morgan fingerprint density at radius 1 is 1.11 bits per heavy atom. The van der Waals surface area contributed by atoms with Crippen LogP contribution < -0.4 is 5.32 Å². The maximum absolute atomic E-state index is 12.7. The molecule has 0 atom stereocenters. The minimum atomic E-state index is -4.47. The van der Waals surface area contributed by atoms with Gasteiger partial charge in [-0.05, 0) is 24.3 Å². The number of aromatic nitrogens is 4. The van der Waals surface area contributed by atoms with E-state index in [9.17, 15) is 18.0 Å². The predicted molar refractivity (Wildman–Crippen MR) is 100.0 cm³/mol. The van der Waals surface area contributed by atoms with Crippen molar-refractivity contribution in [1.82, 2.24) is 20.2 Å². The first-order valence-corrected chi connectivity index (χ1v) is 9.10. The van der Waals surface area contributed by atoms with Gasteiger partial charge in [0.2, 0.25) is 11.1 Å². The molecule has 1 amide bonds. The van der Waals surface area contributed by atoms with Crippen molar-refractivity contribution in [2.45, 2.75) is 11.3 Å². The molecule has 6 nitrogen and oxygen atoms in total. The number of halogens is 3. The minimum Gasteiger partial charge on any atom is -0.338 e. The second-order valence-electron chi connectivity index (χ2n) is 5.88. The number of nitrogens with zero attached hydrogens (tertiary/aromatic N) is 3. The summed E-state index contributed by atoms with van der Waals surface area (Å²) in [5.41, 5.74) is 1.31. The number of para-hydroxylation sites is 1. The average molecular weight is 403 g/mol. The number of carbonyl (C=O) groups is 1. The highest BCUT2D eigenvalue weighted by Gasteiger charge is 2.30. The molecule has 0 aliphatic rings. The van der Waals surface area contributed by atoms with Crippen molar-refractivity contribution in [2.24, 2.45) is 0 Å². The zero-order chi connectivity index (χ0) is 19.7. The van der Waals surface area contributed by atoms with Crippen LogP contribution in [0.2, 0.25) is 0 Å². The molecule has 2 aromatic carbocycles. The third-order valence-corrected chi connectivity index (χ3v) is 4.75. The first-order valence-electron chi connectivity index (χ1n) is 8.11. The maximum atomic E-state index is 12.7. The van der Waals surface area contributed by atoms with Crippen molar-refractivity contribution in [1.29, 1.82) is 0 Å². The van der Waals surface area contributed by atoms with E-state index in [1.54, 1.807) is 0 Å². The Bertz CT molecular complexity index is 1170. The van der Waals surface area contributed by atoms with Crippen molar-refractivity contribution in [2.75, 3.05) is 11.1 Å². The van der Waals surface area contributed by atoms with Gasteiger partial charge in [0.05, 0.1) is 11.3 Å². The fourth-order valence-electron chi connectivity index (χ4n) is 2.67. The van der Waals surface area contributed by atoms with Crippen molar-refractivity contribution in [3.63, 3.8) is 0 Å². The SMILES string of the molecule is O=C(CSc1nnc2c(n1)[nH]c1ccccc12)Nc1cccc(C(F)(F)F)c1. The monoisotopic (exact) mass is 403 g/mol. The molecule has 0 aliphatic carbocycles. The molecule has 0 aliphatic heterocycles. The Morgan fingerprint density at radius 2 is 1.93 bits per heavy atom. The summed E-state index contributed by atoms with van der Waals surface area (Å²) in [6.07, 6.45) is -4.47. The number of thioether (sulfide) groups is 1. The van der Waals surface area contributed by atoms with Gasteiger partial charge in [0.15, 0.2) is 5.65 Å². The molecule has 0 saturated carbocycles. The van der Waals surface area contributed by atoms with Gasteiger partial charge in [-0.15, -0.1) is 10.2 Å². The van der Waals surface area contributed by atoms with Gasteiger partial charge >= 0.3 is 6.18 Å². The van der Waals surface area contributed by atoms with Gasteiger partial charge in [-0.2, -0.15) is 13.2 Å². The van der Waals surface area contributed by atoms with Crippen LogP contribution >= 0.6 is 11.8 Å². The second kappa shape index (κ2) is 7.12. The normalized spacial score (nSPS) is 11.8. The van der Waals surface area contributed by atoms with Gasteiger partial charge in [-0.3, -0.25) is 4.79 Å². The number of carbonyl (C=O) groups excluding carboxylic acids is 1. The largest absolute Gasteiger partial charge is 0.416 e. The smallest absolute Gasteiger partial charge is 0.338 e. The molecule has 142 valence electrons. The summed E-state index contributed by atoms with van der Waals surface area (Å²) >= 11 is 1.04. The third kappa shape index (κ3) is 3.77. The van der Waals surface area contributed by atoms with Gasteiger partial charge in [-0.1, -0.05) is 36.0 Å². The molecular formula is C18H12F3N5OS. The van der Waals surface area contributed by atoms with E-state index >= 15 is 0 Å². The van der Waals surface area contributed by atoms with E-state index in [1.807, 2.05) is 24.3 Å². The highest BCUT2D eigenvalue weighted by molar-refractivity contribution is 7.99. The minimum absolute atomic E-state index is 0.0658. The third-order valence-electron chi connectivity index (χ3n) is 3.91. The van der Waals surface area contributed by atoms with Crippen LogP contribution in [0.1, 0.15) is 5.56 Å². The molecule has 2 heterocycles. The predicted octanol–water partition coefficient (Wildman–Crippen LogP) is 4.26. The van der Waals surface area contributed by atoms with Crippen LogP contribution in [-0.4, -0.2) is 31.8 Å². The summed E-state index contributed by atoms with van der Waals surface area (Å²) in [7, 11) is 0. The topological polar surface area (TPSA) is 83.6 Å². The van der Waals surface area contributed by atoms with Crippen LogP contribution in [0.25, 0.3) is 22.1 Å². The molecule has 10 heteroatoms. The highest BCUT2D eigenvalue weighted by Crippen LogP contribution is 2.30. The van der Waals surface area contributed by atoms with Crippen LogP contribution in [0.3, 0.4) is 0 Å². The fraction of sp³-hybridized carbons (Fsp3) is 0.111. The van der Waals surface area contributed by atoms with Crippen molar-refractivity contribution in [3.8, 4) is 0 Å². The van der Waals surface area contributed by atoms with Crippen LogP contribution in [0, 0.1) is 0 Å². The first-order chi connectivity index (χ1) is 13.4. The fourth-order valence-corrected chi connectivity index (χ4v) is 3.25. The molecule has 4 aromatic rings. The molecule has 0 bridgehead atoms. The van der Waals surface area contributed by atoms with Crippen LogP contribution in [0.5, 0.6) is 0 Å². The average Bonchev–Trinajstić information content (AvgIpc) is 3.04. The highest BCUT2D eigenvalue weighted by atomic mass is 32.2. The summed E-state index contributed by atoms with van der Waals surface area (Å²) < 4.78 is 38.2. The lowest BCUT2D eigenvalue weighted by Crippen LogP contribution is -2.15. The lowest BCUT2D eigenvalue weighted by Gasteiger charge is -2.09. The molecule has 0 spiro atoms. The van der Waals surface area contributed by atoms with Gasteiger partial charge in [0, 0.05) is 16.6 Å². The summed E-state index contributed by atoms with van der Waals surface area (Å²) in [6.45, 7) is 0. The van der Waals surface area contributed by atoms with E-state index in [4.69, 9.17) is 0 Å². The molecule has 0 unspecified atom stereocenters. The molecule has 2 aromatic heterocycles. The zero-order valence-corrected chi connectivity index (χ0v) is 14.9. The maximum Gasteiger partial charge on any atom is 0.416 e. The van der Waals surface area contributed by atoms with E-state index in [0.717, 1.165) is 34.8 Å². The Balaban J connectivity index is 1.44. The standard InChI is InChI=1S/C18H12F3N5OS/c19-18(20,21)10-4-3-5-11(8-10)22-14(27)9-28-17-24-16-15(25-26-17)12-6-1-2-7-13(12)23-16/h1-8H,9H2,(H,22,27)(H,23,24,26). The van der Waals surface area contributed by atoms with Crippen LogP contribution in [0.4, 0.5) is 18.9 Å². The van der Waals surface area contributed by atoms with Gasteiger partial charge in [-0.25, -0.2) is 4.98 Å². The number of hydrogen-bond donors (Lipinski definition) is 2. The summed E-state index contributed by atoms with van der Waals surface area (Å²) in [6, 6.07) is 12.0. The number of hydrogen-bond acceptors (Lipinski definition) is 5. The van der Waals surface area contributed by atoms with Crippen LogP contribution in [0.15, 0.2) is 53.7 Å². The Kier molecular flexibility index (Phi) is 4.63. The van der Waals surface area contributed by atoms with E-state index in [0.29, 0.717) is 16.3 Å². The first kappa shape index (κ1) is 18.2. The number of aromatic amines is 1. The summed E-state index contributed by atoms with van der Waals surface area (Å²) in [4.78, 5) is 19.5. The number of rotatable bonds is 4. The Hall–Kier alpha value is -3.14. The van der Waals surface area contributed by atoms with Crippen LogP contribution in [-0.2, 0) is 11.0 Å². The quantitative estimate of drug-likeness (QED) is 0.498. The number of fused-ring (bicyclic) bond motifs is 3. The van der Waals surface area contributed by atoms with E-state index < -0.39 is 17.6 Å². The van der Waals surface area contributed by atoms with Crippen molar-refractivity contribution in [3.05, 3.63) is 54.1 Å². The lowest BCUT2D eigenvalue weighted by atomic mass is 10.2. The molecule has 0 fully saturated rings. The number of H-pyrrole nitrogens is 1. The number of amides is 1. The Morgan fingerprint density at radius 3 is 2.75 bits per heavy atom. The van der Waals surface area contributed by atoms with Gasteiger partial charge in [0.25, 0.3) is 0 Å². The number of alkyl halides is 3. The van der Waals surface area contributed by atoms with E-state index in [-0.39, 0.29) is 11.4 Å². The molecule has 4 rings (SSSR count). The molecule has 2 N–H and O–H groups in total. The molecule has 0 radical (unpaired) electrons. The Labute approximate surface area is 160 Å². The number of nitrogens with one attached hydrogen (secondary N) is 2. The number of benzene rings is 2. The summed E-state index contributed by atoms with van der Waals surface area (Å²) in [5.74, 6) is -0.534. The second-order valence-corrected chi connectivity index (χ2v) is 6.82. The van der Waals surface area contributed by atoms with Crippen molar-refractivity contribution >= 4 is 45.4 Å². The molecule has 0 saturated heterocycles. The van der Waals surface area contributed by atoms with Crippen molar-refractivity contribution < 1.29 is 18.0 Å². The molecular weight excluding hydrogens is 391 g/mol. The van der Waals surface area contributed by atoms with E-state index in [2.05, 4.69) is 25.5 Å². The van der Waals surface area contributed by atoms with E-state index in [1.165, 1.54) is 12.1 Å². The number of anilines is 1. The van der Waals surface area contributed by atoms with Gasteiger partial charge < -0.3 is 10.3 Å². The summed E-state index contributed by atoms with van der Waals surface area (Å²) in [5, 5.41) is 11.8. The zero-order valence-electron chi connectivity index (χ0n) is 14.1.